The normalized spacial score (nSPS) is 12.2. The van der Waals surface area contributed by atoms with Crippen LogP contribution in [-0.4, -0.2) is 24.6 Å². The molecular formula is C21H40O4. The molecule has 0 aliphatic heterocycles. The summed E-state index contributed by atoms with van der Waals surface area (Å²) >= 11 is 0. The molecule has 0 radical (unpaired) electrons. The highest BCUT2D eigenvalue weighted by molar-refractivity contribution is 5.72. The molecule has 0 saturated carbocycles. The molecule has 0 aliphatic carbocycles. The third kappa shape index (κ3) is 17.6. The fourth-order valence-electron chi connectivity index (χ4n) is 2.67. The maximum Gasteiger partial charge on any atom is 0.306 e. The van der Waals surface area contributed by atoms with Crippen LogP contribution in [0.4, 0.5) is 0 Å². The summed E-state index contributed by atoms with van der Waals surface area (Å²) < 4.78 is 10.6. The van der Waals surface area contributed by atoms with Crippen LogP contribution in [0.25, 0.3) is 0 Å². The number of rotatable bonds is 16. The third-order valence-electron chi connectivity index (χ3n) is 4.25. The van der Waals surface area contributed by atoms with Gasteiger partial charge in [-0.25, -0.2) is 0 Å². The van der Waals surface area contributed by atoms with Gasteiger partial charge in [0.2, 0.25) is 0 Å². The van der Waals surface area contributed by atoms with E-state index in [1.165, 1.54) is 25.7 Å². The number of carbonyl (C=O) groups excluding carboxylic acids is 2. The molecule has 0 aromatic rings. The molecule has 0 aromatic heterocycles. The first-order valence-corrected chi connectivity index (χ1v) is 10.3. The van der Waals surface area contributed by atoms with Gasteiger partial charge in [0.1, 0.15) is 0 Å². The number of ether oxygens (including phenoxy) is 2. The van der Waals surface area contributed by atoms with E-state index in [0.29, 0.717) is 31.8 Å². The second kappa shape index (κ2) is 16.4. The van der Waals surface area contributed by atoms with Crippen molar-refractivity contribution >= 4 is 11.9 Å². The minimum Gasteiger partial charge on any atom is -0.466 e. The zero-order valence-corrected chi connectivity index (χ0v) is 17.0. The summed E-state index contributed by atoms with van der Waals surface area (Å²) in [6, 6.07) is 0. The Bertz CT molecular complexity index is 339. The van der Waals surface area contributed by atoms with Gasteiger partial charge < -0.3 is 9.47 Å². The molecule has 0 aromatic carbocycles. The first-order valence-electron chi connectivity index (χ1n) is 10.3. The van der Waals surface area contributed by atoms with E-state index < -0.39 is 0 Å². The summed E-state index contributed by atoms with van der Waals surface area (Å²) in [5.74, 6) is 0.275. The van der Waals surface area contributed by atoms with Gasteiger partial charge in [0.05, 0.1) is 12.7 Å². The van der Waals surface area contributed by atoms with E-state index in [9.17, 15) is 9.59 Å². The molecule has 1 atom stereocenters. The van der Waals surface area contributed by atoms with Crippen molar-refractivity contribution in [3.05, 3.63) is 0 Å². The van der Waals surface area contributed by atoms with Crippen molar-refractivity contribution in [2.75, 3.05) is 6.61 Å². The maximum atomic E-state index is 11.7. The lowest BCUT2D eigenvalue weighted by Crippen LogP contribution is -2.15. The largest absolute Gasteiger partial charge is 0.466 e. The van der Waals surface area contributed by atoms with Crippen molar-refractivity contribution in [2.24, 2.45) is 5.92 Å². The minimum atomic E-state index is -0.208. The van der Waals surface area contributed by atoms with Gasteiger partial charge in [-0.2, -0.15) is 0 Å². The lowest BCUT2D eigenvalue weighted by molar-refractivity contribution is -0.149. The average molecular weight is 357 g/mol. The molecular weight excluding hydrogens is 316 g/mol. The van der Waals surface area contributed by atoms with E-state index in [-0.39, 0.29) is 18.0 Å². The summed E-state index contributed by atoms with van der Waals surface area (Å²) in [4.78, 5) is 23.4. The van der Waals surface area contributed by atoms with Crippen LogP contribution in [0.3, 0.4) is 0 Å². The van der Waals surface area contributed by atoms with Crippen LogP contribution in [-0.2, 0) is 19.1 Å². The Morgan fingerprint density at radius 2 is 1.40 bits per heavy atom. The molecule has 0 N–H and O–H groups in total. The summed E-state index contributed by atoms with van der Waals surface area (Å²) in [7, 11) is 0. The number of hydrogen-bond donors (Lipinski definition) is 0. The van der Waals surface area contributed by atoms with Crippen molar-refractivity contribution < 1.29 is 19.1 Å². The van der Waals surface area contributed by atoms with E-state index in [1.54, 1.807) is 0 Å². The van der Waals surface area contributed by atoms with E-state index in [1.807, 2.05) is 6.92 Å². The predicted molar refractivity (Wildman–Crippen MR) is 102 cm³/mol. The van der Waals surface area contributed by atoms with Gasteiger partial charge in [-0.05, 0) is 38.5 Å². The Morgan fingerprint density at radius 3 is 2.08 bits per heavy atom. The minimum absolute atomic E-state index is 0.0362. The molecule has 4 heteroatoms. The van der Waals surface area contributed by atoms with Crippen molar-refractivity contribution in [1.29, 1.82) is 0 Å². The first kappa shape index (κ1) is 23.9. The Hall–Kier alpha value is -1.06. The van der Waals surface area contributed by atoms with E-state index in [4.69, 9.17) is 9.47 Å². The first-order chi connectivity index (χ1) is 12.0. The van der Waals surface area contributed by atoms with Crippen LogP contribution in [0.15, 0.2) is 0 Å². The second-order valence-electron chi connectivity index (χ2n) is 7.47. The van der Waals surface area contributed by atoms with Crippen molar-refractivity contribution in [1.82, 2.24) is 0 Å². The third-order valence-corrected chi connectivity index (χ3v) is 4.25. The monoisotopic (exact) mass is 356 g/mol. The Kier molecular flexibility index (Phi) is 15.7. The van der Waals surface area contributed by atoms with Gasteiger partial charge in [-0.1, -0.05) is 59.3 Å². The molecule has 148 valence electrons. The number of carbonyl (C=O) groups is 2. The molecule has 0 bridgehead atoms. The lowest BCUT2D eigenvalue weighted by atomic mass is 10.0. The Balaban J connectivity index is 3.51. The maximum absolute atomic E-state index is 11.7. The summed E-state index contributed by atoms with van der Waals surface area (Å²) in [6.07, 6.45) is 11.3. The number of hydrogen-bond acceptors (Lipinski definition) is 4. The van der Waals surface area contributed by atoms with E-state index in [0.717, 1.165) is 32.1 Å². The Morgan fingerprint density at radius 1 is 0.760 bits per heavy atom. The van der Waals surface area contributed by atoms with Crippen LogP contribution in [0.2, 0.25) is 0 Å². The van der Waals surface area contributed by atoms with Gasteiger partial charge in [0.25, 0.3) is 0 Å². The highest BCUT2D eigenvalue weighted by atomic mass is 16.5. The summed E-state index contributed by atoms with van der Waals surface area (Å²) in [6.45, 7) is 9.03. The Labute approximate surface area is 155 Å². The molecule has 1 unspecified atom stereocenters. The summed E-state index contributed by atoms with van der Waals surface area (Å²) in [5, 5.41) is 0. The molecule has 0 aliphatic rings. The second-order valence-corrected chi connectivity index (χ2v) is 7.47. The number of esters is 2. The van der Waals surface area contributed by atoms with Gasteiger partial charge in [-0.3, -0.25) is 9.59 Å². The zero-order valence-electron chi connectivity index (χ0n) is 17.0. The van der Waals surface area contributed by atoms with Gasteiger partial charge in [0.15, 0.2) is 0 Å². The highest BCUT2D eigenvalue weighted by Gasteiger charge is 2.11. The molecule has 25 heavy (non-hydrogen) atoms. The highest BCUT2D eigenvalue weighted by Crippen LogP contribution is 2.11. The van der Waals surface area contributed by atoms with E-state index >= 15 is 0 Å². The SMILES string of the molecule is CCCCCCCCOC(=O)CCCC(=O)OC(C)CCCC(C)C. The van der Waals surface area contributed by atoms with Crippen LogP contribution in [0, 0.1) is 5.92 Å². The molecule has 0 amide bonds. The van der Waals surface area contributed by atoms with Crippen molar-refractivity contribution in [3.8, 4) is 0 Å². The van der Waals surface area contributed by atoms with Gasteiger partial charge in [0, 0.05) is 12.8 Å². The van der Waals surface area contributed by atoms with Gasteiger partial charge in [-0.15, -0.1) is 0 Å². The van der Waals surface area contributed by atoms with Gasteiger partial charge >= 0.3 is 11.9 Å². The van der Waals surface area contributed by atoms with Crippen LogP contribution in [0.5, 0.6) is 0 Å². The number of unbranched alkanes of at least 4 members (excludes halogenated alkanes) is 5. The molecule has 0 fully saturated rings. The average Bonchev–Trinajstić information content (AvgIpc) is 2.53. The predicted octanol–water partition coefficient (Wildman–Crippen LogP) is 5.82. The zero-order chi connectivity index (χ0) is 18.9. The fourth-order valence-corrected chi connectivity index (χ4v) is 2.67. The van der Waals surface area contributed by atoms with E-state index in [2.05, 4.69) is 20.8 Å². The smallest absolute Gasteiger partial charge is 0.306 e. The quantitative estimate of drug-likeness (QED) is 0.258. The fraction of sp³-hybridized carbons (Fsp3) is 0.905. The summed E-state index contributed by atoms with van der Waals surface area (Å²) in [5.41, 5.74) is 0. The van der Waals surface area contributed by atoms with Crippen molar-refractivity contribution in [3.63, 3.8) is 0 Å². The lowest BCUT2D eigenvalue weighted by Gasteiger charge is -2.13. The molecule has 0 spiro atoms. The molecule has 4 nitrogen and oxygen atoms in total. The van der Waals surface area contributed by atoms with Crippen LogP contribution >= 0.6 is 0 Å². The standard InChI is InChI=1S/C21H40O4/c1-5-6-7-8-9-10-17-24-20(22)15-12-16-21(23)25-19(4)14-11-13-18(2)3/h18-19H,5-17H2,1-4H3. The molecule has 0 rings (SSSR count). The van der Waals surface area contributed by atoms with Crippen molar-refractivity contribution in [2.45, 2.75) is 111 Å². The molecule has 0 saturated heterocycles. The molecule has 0 heterocycles. The topological polar surface area (TPSA) is 52.6 Å². The van der Waals surface area contributed by atoms with Crippen LogP contribution < -0.4 is 0 Å². The van der Waals surface area contributed by atoms with Crippen LogP contribution in [0.1, 0.15) is 105 Å².